The van der Waals surface area contributed by atoms with E-state index in [1.807, 2.05) is 12.1 Å². The molecule has 2 aromatic rings. The fraction of sp³-hybridized carbons (Fsp3) is 0.458. The van der Waals surface area contributed by atoms with Crippen LogP contribution in [0.3, 0.4) is 0 Å². The zero-order valence-corrected chi connectivity index (χ0v) is 16.4. The van der Waals surface area contributed by atoms with Crippen LogP contribution in [0.4, 0.5) is 5.69 Å². The second-order valence-corrected chi connectivity index (χ2v) is 8.50. The summed E-state index contributed by atoms with van der Waals surface area (Å²) >= 11 is 0. The molecule has 28 heavy (non-hydrogen) atoms. The first-order valence-corrected chi connectivity index (χ1v) is 10.7. The van der Waals surface area contributed by atoms with Crippen LogP contribution in [-0.4, -0.2) is 42.5 Å². The molecule has 0 atom stereocenters. The Hall–Kier alpha value is -2.33. The molecule has 0 bridgehead atoms. The number of nitrogens with zero attached hydrogens (tertiary/aromatic N) is 2. The average molecular weight is 376 g/mol. The minimum Gasteiger partial charge on any atom is -0.367 e. The zero-order valence-electron chi connectivity index (χ0n) is 16.4. The van der Waals surface area contributed by atoms with Gasteiger partial charge in [0, 0.05) is 49.5 Å². The standard InChI is InChI=1S/C24H29N3O/c28-24(25-21-12-15-26(16-13-21)22-9-10-22)19-5-7-23(8-6-19)27-14-11-18-3-1-2-4-20(18)17-27/h1-8,21-22H,9-17H2,(H,25,28). The lowest BCUT2D eigenvalue weighted by atomic mass is 9.99. The number of hydrogen-bond acceptors (Lipinski definition) is 3. The Bertz CT molecular complexity index is 835. The van der Waals surface area contributed by atoms with Crippen molar-refractivity contribution < 1.29 is 4.79 Å². The summed E-state index contributed by atoms with van der Waals surface area (Å²) in [6, 6.07) is 18.0. The minimum atomic E-state index is 0.0698. The lowest BCUT2D eigenvalue weighted by Gasteiger charge is -2.32. The largest absolute Gasteiger partial charge is 0.367 e. The molecular weight excluding hydrogens is 346 g/mol. The molecule has 2 fully saturated rings. The number of likely N-dealkylation sites (tertiary alicyclic amines) is 1. The van der Waals surface area contributed by atoms with Crippen LogP contribution in [0.5, 0.6) is 0 Å². The SMILES string of the molecule is O=C(NC1CCN(C2CC2)CC1)c1ccc(N2CCc3ccccc3C2)cc1. The van der Waals surface area contributed by atoms with Gasteiger partial charge in [-0.15, -0.1) is 0 Å². The van der Waals surface area contributed by atoms with Crippen LogP contribution in [0.25, 0.3) is 0 Å². The molecule has 1 amide bonds. The lowest BCUT2D eigenvalue weighted by Crippen LogP contribution is -2.45. The van der Waals surface area contributed by atoms with Gasteiger partial charge < -0.3 is 15.1 Å². The number of piperidine rings is 1. The summed E-state index contributed by atoms with van der Waals surface area (Å²) in [5, 5.41) is 3.25. The van der Waals surface area contributed by atoms with Gasteiger partial charge in [-0.1, -0.05) is 24.3 Å². The highest BCUT2D eigenvalue weighted by Crippen LogP contribution is 2.29. The van der Waals surface area contributed by atoms with Crippen molar-refractivity contribution in [1.29, 1.82) is 0 Å². The third kappa shape index (κ3) is 3.79. The average Bonchev–Trinajstić information content (AvgIpc) is 3.59. The van der Waals surface area contributed by atoms with Crippen molar-refractivity contribution in [3.8, 4) is 0 Å². The summed E-state index contributed by atoms with van der Waals surface area (Å²) in [6.07, 6.45) is 5.97. The molecule has 5 rings (SSSR count). The molecule has 1 saturated heterocycles. The van der Waals surface area contributed by atoms with Gasteiger partial charge in [0.05, 0.1) is 0 Å². The monoisotopic (exact) mass is 375 g/mol. The van der Waals surface area contributed by atoms with E-state index in [4.69, 9.17) is 0 Å². The van der Waals surface area contributed by atoms with E-state index in [9.17, 15) is 4.79 Å². The predicted octanol–water partition coefficient (Wildman–Crippen LogP) is 3.61. The van der Waals surface area contributed by atoms with Gasteiger partial charge >= 0.3 is 0 Å². The van der Waals surface area contributed by atoms with E-state index in [2.05, 4.69) is 51.5 Å². The number of carbonyl (C=O) groups excluding carboxylic acids is 1. The summed E-state index contributed by atoms with van der Waals surface area (Å²) in [5.41, 5.74) is 4.84. The van der Waals surface area contributed by atoms with Crippen molar-refractivity contribution >= 4 is 11.6 Å². The van der Waals surface area contributed by atoms with Crippen molar-refractivity contribution in [3.63, 3.8) is 0 Å². The van der Waals surface area contributed by atoms with Crippen molar-refractivity contribution in [2.45, 2.75) is 50.7 Å². The van der Waals surface area contributed by atoms with Crippen LogP contribution in [0.15, 0.2) is 48.5 Å². The number of nitrogens with one attached hydrogen (secondary N) is 1. The number of benzene rings is 2. The van der Waals surface area contributed by atoms with Gasteiger partial charge in [0.1, 0.15) is 0 Å². The third-order valence-corrected chi connectivity index (χ3v) is 6.55. The van der Waals surface area contributed by atoms with E-state index in [0.29, 0.717) is 6.04 Å². The topological polar surface area (TPSA) is 35.6 Å². The number of amides is 1. The fourth-order valence-electron chi connectivity index (χ4n) is 4.66. The Balaban J connectivity index is 1.18. The summed E-state index contributed by atoms with van der Waals surface area (Å²) in [6.45, 7) is 4.24. The van der Waals surface area contributed by atoms with Crippen LogP contribution in [0, 0.1) is 0 Å². The Morgan fingerprint density at radius 3 is 2.29 bits per heavy atom. The van der Waals surface area contributed by atoms with Crippen molar-refractivity contribution in [2.75, 3.05) is 24.5 Å². The van der Waals surface area contributed by atoms with Crippen LogP contribution >= 0.6 is 0 Å². The molecule has 1 aliphatic carbocycles. The Labute approximate surface area is 167 Å². The molecule has 1 saturated carbocycles. The molecule has 1 N–H and O–H groups in total. The molecule has 2 heterocycles. The van der Waals surface area contributed by atoms with E-state index < -0.39 is 0 Å². The zero-order chi connectivity index (χ0) is 18.9. The quantitative estimate of drug-likeness (QED) is 0.887. The molecule has 0 unspecified atom stereocenters. The smallest absolute Gasteiger partial charge is 0.251 e. The first kappa shape index (κ1) is 17.7. The second kappa shape index (κ2) is 7.59. The number of carbonyl (C=O) groups is 1. The summed E-state index contributed by atoms with van der Waals surface area (Å²) in [7, 11) is 0. The summed E-state index contributed by atoms with van der Waals surface area (Å²) in [4.78, 5) is 17.6. The Kier molecular flexibility index (Phi) is 4.81. The van der Waals surface area contributed by atoms with Crippen LogP contribution in [-0.2, 0) is 13.0 Å². The van der Waals surface area contributed by atoms with Gasteiger partial charge in [-0.05, 0) is 67.5 Å². The molecule has 4 heteroatoms. The van der Waals surface area contributed by atoms with Gasteiger partial charge in [0.25, 0.3) is 5.91 Å². The van der Waals surface area contributed by atoms with Gasteiger partial charge in [-0.25, -0.2) is 0 Å². The highest BCUT2D eigenvalue weighted by Gasteiger charge is 2.32. The third-order valence-electron chi connectivity index (χ3n) is 6.55. The molecule has 4 nitrogen and oxygen atoms in total. The Morgan fingerprint density at radius 1 is 0.857 bits per heavy atom. The maximum absolute atomic E-state index is 12.7. The molecular formula is C24H29N3O. The van der Waals surface area contributed by atoms with Gasteiger partial charge in [0.15, 0.2) is 0 Å². The fourth-order valence-corrected chi connectivity index (χ4v) is 4.66. The normalized spacial score (nSPS) is 20.6. The van der Waals surface area contributed by atoms with Crippen LogP contribution in [0.2, 0.25) is 0 Å². The number of rotatable bonds is 4. The van der Waals surface area contributed by atoms with Gasteiger partial charge in [0.2, 0.25) is 0 Å². The summed E-state index contributed by atoms with van der Waals surface area (Å²) < 4.78 is 0. The lowest BCUT2D eigenvalue weighted by molar-refractivity contribution is 0.0909. The van der Waals surface area contributed by atoms with Crippen molar-refractivity contribution in [2.24, 2.45) is 0 Å². The molecule has 0 aromatic heterocycles. The number of fused-ring (bicyclic) bond motifs is 1. The van der Waals surface area contributed by atoms with Crippen LogP contribution in [0.1, 0.15) is 47.2 Å². The van der Waals surface area contributed by atoms with Gasteiger partial charge in [-0.3, -0.25) is 4.79 Å². The van der Waals surface area contributed by atoms with Crippen molar-refractivity contribution in [1.82, 2.24) is 10.2 Å². The Morgan fingerprint density at radius 2 is 1.57 bits per heavy atom. The first-order chi connectivity index (χ1) is 13.8. The van der Waals surface area contributed by atoms with E-state index in [1.165, 1.54) is 29.7 Å². The summed E-state index contributed by atoms with van der Waals surface area (Å²) in [5.74, 6) is 0.0698. The maximum Gasteiger partial charge on any atom is 0.251 e. The maximum atomic E-state index is 12.7. The first-order valence-electron chi connectivity index (χ1n) is 10.7. The molecule has 0 radical (unpaired) electrons. The van der Waals surface area contributed by atoms with E-state index in [1.54, 1.807) is 0 Å². The highest BCUT2D eigenvalue weighted by molar-refractivity contribution is 5.94. The second-order valence-electron chi connectivity index (χ2n) is 8.50. The van der Waals surface area contributed by atoms with Gasteiger partial charge in [-0.2, -0.15) is 0 Å². The molecule has 2 aromatic carbocycles. The predicted molar refractivity (Wildman–Crippen MR) is 113 cm³/mol. The highest BCUT2D eigenvalue weighted by atomic mass is 16.1. The van der Waals surface area contributed by atoms with E-state index >= 15 is 0 Å². The van der Waals surface area contributed by atoms with E-state index in [-0.39, 0.29) is 5.91 Å². The number of anilines is 1. The van der Waals surface area contributed by atoms with Crippen LogP contribution < -0.4 is 10.2 Å². The molecule has 3 aliphatic rings. The minimum absolute atomic E-state index is 0.0698. The number of hydrogen-bond donors (Lipinski definition) is 1. The van der Waals surface area contributed by atoms with E-state index in [0.717, 1.165) is 57.0 Å². The van der Waals surface area contributed by atoms with Crippen molar-refractivity contribution in [3.05, 3.63) is 65.2 Å². The molecule has 146 valence electrons. The molecule has 2 aliphatic heterocycles. The molecule has 0 spiro atoms.